The van der Waals surface area contributed by atoms with Gasteiger partial charge in [-0.15, -0.1) is 0 Å². The fraction of sp³-hybridized carbons (Fsp3) is 0.409. The lowest BCUT2D eigenvalue weighted by Gasteiger charge is -2.44. The fourth-order valence-corrected chi connectivity index (χ4v) is 3.77. The summed E-state index contributed by atoms with van der Waals surface area (Å²) in [5.74, 6) is -0.0653. The molecule has 2 atom stereocenters. The highest BCUT2D eigenvalue weighted by Crippen LogP contribution is 2.27. The maximum absolute atomic E-state index is 13.1. The van der Waals surface area contributed by atoms with E-state index in [0.29, 0.717) is 30.9 Å². The van der Waals surface area contributed by atoms with Crippen LogP contribution in [0.25, 0.3) is 0 Å². The molecule has 30 heavy (non-hydrogen) atoms. The van der Waals surface area contributed by atoms with Crippen molar-refractivity contribution in [1.29, 1.82) is 0 Å². The summed E-state index contributed by atoms with van der Waals surface area (Å²) in [5.41, 5.74) is 1.40. The Kier molecular flexibility index (Phi) is 6.66. The van der Waals surface area contributed by atoms with Crippen molar-refractivity contribution in [3.05, 3.63) is 69.5 Å². The molecular weight excluding hydrogens is 389 g/mol. The number of carbonyl (C=O) groups excluding carboxylic acids is 1. The Morgan fingerprint density at radius 1 is 1.17 bits per heavy atom. The Labute approximate surface area is 175 Å². The average molecular weight is 415 g/mol. The van der Waals surface area contributed by atoms with Gasteiger partial charge in [0.05, 0.1) is 10.5 Å². The van der Waals surface area contributed by atoms with E-state index in [1.165, 1.54) is 18.2 Å². The molecule has 1 fully saturated rings. The maximum Gasteiger partial charge on any atom is 0.276 e. The van der Waals surface area contributed by atoms with Gasteiger partial charge in [-0.05, 0) is 44.5 Å². The molecule has 160 valence electrons. The van der Waals surface area contributed by atoms with Crippen molar-refractivity contribution in [2.24, 2.45) is 0 Å². The minimum atomic E-state index is -0.464. The van der Waals surface area contributed by atoms with Gasteiger partial charge in [0.1, 0.15) is 11.6 Å². The zero-order valence-corrected chi connectivity index (χ0v) is 17.4. The lowest BCUT2D eigenvalue weighted by Crippen LogP contribution is -2.58. The standard InChI is InChI=1S/C22H26FN3O4/c1-15-12-25(16(2)11-24(15)13-18-7-9-19(23)10-8-18)22(27)14-30-21-6-4-5-20(17(21)3)26(28)29/h4-10,15-16H,11-14H2,1-3H3. The molecule has 0 bridgehead atoms. The van der Waals surface area contributed by atoms with Crippen LogP contribution in [0.5, 0.6) is 5.75 Å². The summed E-state index contributed by atoms with van der Waals surface area (Å²) < 4.78 is 18.7. The molecule has 0 radical (unpaired) electrons. The Hall–Kier alpha value is -3.00. The molecule has 0 saturated carbocycles. The maximum atomic E-state index is 13.1. The molecule has 2 unspecified atom stereocenters. The molecule has 1 heterocycles. The van der Waals surface area contributed by atoms with Crippen molar-refractivity contribution >= 4 is 11.6 Å². The molecule has 0 aliphatic carbocycles. The first-order valence-corrected chi connectivity index (χ1v) is 9.91. The second-order valence-electron chi connectivity index (χ2n) is 7.75. The van der Waals surface area contributed by atoms with Gasteiger partial charge in [0.15, 0.2) is 6.61 Å². The summed E-state index contributed by atoms with van der Waals surface area (Å²) in [7, 11) is 0. The summed E-state index contributed by atoms with van der Waals surface area (Å²) in [5, 5.41) is 11.1. The summed E-state index contributed by atoms with van der Waals surface area (Å²) in [6.45, 7) is 7.42. The third-order valence-corrected chi connectivity index (χ3v) is 5.54. The number of rotatable bonds is 6. The fourth-order valence-electron chi connectivity index (χ4n) is 3.77. The van der Waals surface area contributed by atoms with Crippen molar-refractivity contribution in [3.8, 4) is 5.75 Å². The van der Waals surface area contributed by atoms with Crippen molar-refractivity contribution in [2.45, 2.75) is 39.4 Å². The van der Waals surface area contributed by atoms with E-state index in [4.69, 9.17) is 4.74 Å². The van der Waals surface area contributed by atoms with Crippen LogP contribution in [0.3, 0.4) is 0 Å². The lowest BCUT2D eigenvalue weighted by molar-refractivity contribution is -0.385. The molecule has 1 amide bonds. The molecule has 7 nitrogen and oxygen atoms in total. The van der Waals surface area contributed by atoms with Crippen LogP contribution in [0.2, 0.25) is 0 Å². The second kappa shape index (κ2) is 9.21. The molecule has 3 rings (SSSR count). The number of nitrogens with zero attached hydrogens (tertiary/aromatic N) is 3. The van der Waals surface area contributed by atoms with Crippen molar-refractivity contribution in [1.82, 2.24) is 9.80 Å². The topological polar surface area (TPSA) is 75.9 Å². The number of benzene rings is 2. The minimum Gasteiger partial charge on any atom is -0.483 e. The Morgan fingerprint density at radius 2 is 1.87 bits per heavy atom. The van der Waals surface area contributed by atoms with Gasteiger partial charge in [0, 0.05) is 37.8 Å². The molecule has 0 aromatic heterocycles. The predicted molar refractivity (Wildman–Crippen MR) is 111 cm³/mol. The summed E-state index contributed by atoms with van der Waals surface area (Å²) in [6, 6.07) is 11.2. The molecular formula is C22H26FN3O4. The first kappa shape index (κ1) is 21.7. The number of nitro groups is 1. The Balaban J connectivity index is 1.59. The van der Waals surface area contributed by atoms with Crippen LogP contribution in [-0.4, -0.2) is 52.4 Å². The molecule has 2 aromatic carbocycles. The third kappa shape index (κ3) is 4.94. The van der Waals surface area contributed by atoms with Crippen LogP contribution in [0, 0.1) is 22.9 Å². The van der Waals surface area contributed by atoms with Gasteiger partial charge in [-0.1, -0.05) is 18.2 Å². The quantitative estimate of drug-likeness (QED) is 0.533. The van der Waals surface area contributed by atoms with E-state index in [1.807, 2.05) is 6.92 Å². The van der Waals surface area contributed by atoms with E-state index >= 15 is 0 Å². The van der Waals surface area contributed by atoms with E-state index in [9.17, 15) is 19.3 Å². The molecule has 1 saturated heterocycles. The molecule has 8 heteroatoms. The van der Waals surface area contributed by atoms with E-state index < -0.39 is 4.92 Å². The van der Waals surface area contributed by atoms with Gasteiger partial charge >= 0.3 is 0 Å². The smallest absolute Gasteiger partial charge is 0.276 e. The number of carbonyl (C=O) groups is 1. The zero-order chi connectivity index (χ0) is 21.8. The normalized spacial score (nSPS) is 19.5. The van der Waals surface area contributed by atoms with Crippen LogP contribution in [-0.2, 0) is 11.3 Å². The first-order valence-electron chi connectivity index (χ1n) is 9.91. The number of hydrogen-bond acceptors (Lipinski definition) is 5. The number of piperazine rings is 1. The molecule has 1 aliphatic rings. The highest BCUT2D eigenvalue weighted by Gasteiger charge is 2.32. The Bertz CT molecular complexity index is 919. The average Bonchev–Trinajstić information content (AvgIpc) is 2.71. The van der Waals surface area contributed by atoms with Crippen LogP contribution in [0.15, 0.2) is 42.5 Å². The number of amides is 1. The van der Waals surface area contributed by atoms with Crippen LogP contribution in [0.1, 0.15) is 25.0 Å². The van der Waals surface area contributed by atoms with Crippen LogP contribution in [0.4, 0.5) is 10.1 Å². The van der Waals surface area contributed by atoms with E-state index in [2.05, 4.69) is 11.8 Å². The highest BCUT2D eigenvalue weighted by atomic mass is 19.1. The SMILES string of the molecule is Cc1c(OCC(=O)N2CC(C)N(Cc3ccc(F)cc3)CC2C)cccc1[N+](=O)[O-]. The number of hydrogen-bond donors (Lipinski definition) is 0. The summed E-state index contributed by atoms with van der Waals surface area (Å²) in [4.78, 5) is 27.4. The zero-order valence-electron chi connectivity index (χ0n) is 17.4. The van der Waals surface area contributed by atoms with Gasteiger partial charge in [-0.2, -0.15) is 0 Å². The number of halogens is 1. The molecule has 1 aliphatic heterocycles. The monoisotopic (exact) mass is 415 g/mol. The van der Waals surface area contributed by atoms with Gasteiger partial charge < -0.3 is 9.64 Å². The van der Waals surface area contributed by atoms with Gasteiger partial charge in [-0.3, -0.25) is 19.8 Å². The Morgan fingerprint density at radius 3 is 2.53 bits per heavy atom. The first-order chi connectivity index (χ1) is 14.3. The minimum absolute atomic E-state index is 0.0102. The lowest BCUT2D eigenvalue weighted by atomic mass is 10.1. The van der Waals surface area contributed by atoms with Crippen molar-refractivity contribution in [3.63, 3.8) is 0 Å². The van der Waals surface area contributed by atoms with Gasteiger partial charge in [0.25, 0.3) is 11.6 Å². The van der Waals surface area contributed by atoms with Crippen LogP contribution >= 0.6 is 0 Å². The highest BCUT2D eigenvalue weighted by molar-refractivity contribution is 5.78. The van der Waals surface area contributed by atoms with E-state index in [1.54, 1.807) is 36.1 Å². The van der Waals surface area contributed by atoms with Gasteiger partial charge in [-0.25, -0.2) is 4.39 Å². The summed E-state index contributed by atoms with van der Waals surface area (Å²) >= 11 is 0. The predicted octanol–water partition coefficient (Wildman–Crippen LogP) is 3.54. The molecule has 0 spiro atoms. The second-order valence-corrected chi connectivity index (χ2v) is 7.75. The van der Waals surface area contributed by atoms with Crippen LogP contribution < -0.4 is 4.74 Å². The largest absolute Gasteiger partial charge is 0.483 e. The van der Waals surface area contributed by atoms with E-state index in [0.717, 1.165) is 5.56 Å². The van der Waals surface area contributed by atoms with E-state index in [-0.39, 0.29) is 36.1 Å². The number of ether oxygens (including phenoxy) is 1. The van der Waals surface area contributed by atoms with Crippen molar-refractivity contribution in [2.75, 3.05) is 19.7 Å². The third-order valence-electron chi connectivity index (χ3n) is 5.54. The summed E-state index contributed by atoms with van der Waals surface area (Å²) in [6.07, 6.45) is 0. The molecule has 0 N–H and O–H groups in total. The molecule has 2 aromatic rings. The number of nitro benzene ring substituents is 1. The van der Waals surface area contributed by atoms with Gasteiger partial charge in [0.2, 0.25) is 0 Å². The van der Waals surface area contributed by atoms with Crippen molar-refractivity contribution < 1.29 is 18.8 Å².